The fourth-order valence-corrected chi connectivity index (χ4v) is 1.35. The zero-order valence-corrected chi connectivity index (χ0v) is 9.72. The molecule has 0 amide bonds. The first-order valence-corrected chi connectivity index (χ1v) is 5.19. The third-order valence-electron chi connectivity index (χ3n) is 2.01. The molecule has 1 rings (SSSR count). The van der Waals surface area contributed by atoms with Gasteiger partial charge in [0.2, 0.25) is 0 Å². The fraction of sp³-hybridized carbons (Fsp3) is 0.364. The number of aryl methyl sites for hydroxylation is 1. The van der Waals surface area contributed by atoms with Gasteiger partial charge in [0, 0.05) is 6.42 Å². The molecule has 3 nitrogen and oxygen atoms in total. The van der Waals surface area contributed by atoms with Crippen LogP contribution in [0.2, 0.25) is 0 Å². The summed E-state index contributed by atoms with van der Waals surface area (Å²) in [6.07, 6.45) is -9.68. The molecule has 0 saturated heterocycles. The molecule has 112 valence electrons. The van der Waals surface area contributed by atoms with Crippen molar-refractivity contribution in [2.24, 2.45) is 0 Å². The molecule has 0 saturated carbocycles. The van der Waals surface area contributed by atoms with Crippen molar-refractivity contribution in [2.75, 3.05) is 0 Å². The van der Waals surface area contributed by atoms with Crippen LogP contribution in [0.5, 0.6) is 11.5 Å². The lowest BCUT2D eigenvalue weighted by Crippen LogP contribution is -2.21. The Kier molecular flexibility index (Phi) is 4.85. The van der Waals surface area contributed by atoms with Gasteiger partial charge in [0.1, 0.15) is 6.29 Å². The normalized spacial score (nSPS) is 12.1. The van der Waals surface area contributed by atoms with E-state index in [1.165, 1.54) is 0 Å². The number of rotatable bonds is 5. The first-order valence-electron chi connectivity index (χ1n) is 5.19. The second-order valence-corrected chi connectivity index (χ2v) is 3.58. The average Bonchev–Trinajstić information content (AvgIpc) is 2.25. The summed E-state index contributed by atoms with van der Waals surface area (Å²) in [7, 11) is 0. The molecular weight excluding hydrogens is 294 g/mol. The molecular formula is C11H8F6O3. The smallest absolute Gasteiger partial charge is 0.402 e. The monoisotopic (exact) mass is 302 g/mol. The molecule has 0 aliphatic rings. The predicted molar refractivity (Wildman–Crippen MR) is 54.2 cm³/mol. The molecule has 0 bridgehead atoms. The summed E-state index contributed by atoms with van der Waals surface area (Å²) in [4.78, 5) is 10.2. The standard InChI is InChI=1S/C11H8F6O3/c12-10(13,14)19-8-4-3-7(2-1-5-18)6-9(8)20-11(15,16)17/h3-6H,1-2H2. The Morgan fingerprint density at radius 3 is 2.00 bits per heavy atom. The van der Waals surface area contributed by atoms with Crippen LogP contribution in [0.15, 0.2) is 18.2 Å². The van der Waals surface area contributed by atoms with Crippen LogP contribution in [-0.4, -0.2) is 19.0 Å². The van der Waals surface area contributed by atoms with Crippen LogP contribution < -0.4 is 9.47 Å². The SMILES string of the molecule is O=CCCc1ccc(OC(F)(F)F)c(OC(F)(F)F)c1. The highest BCUT2D eigenvalue weighted by Crippen LogP contribution is 2.36. The molecule has 0 spiro atoms. The van der Waals surface area contributed by atoms with Crippen molar-refractivity contribution in [3.05, 3.63) is 23.8 Å². The average molecular weight is 302 g/mol. The first kappa shape index (κ1) is 16.1. The molecule has 20 heavy (non-hydrogen) atoms. The molecule has 0 atom stereocenters. The summed E-state index contributed by atoms with van der Waals surface area (Å²) < 4.78 is 79.5. The van der Waals surface area contributed by atoms with Crippen molar-refractivity contribution in [1.82, 2.24) is 0 Å². The van der Waals surface area contributed by atoms with E-state index < -0.39 is 24.2 Å². The molecule has 1 aromatic carbocycles. The number of benzene rings is 1. The van der Waals surface area contributed by atoms with Crippen molar-refractivity contribution in [3.8, 4) is 11.5 Å². The van der Waals surface area contributed by atoms with Gasteiger partial charge in [-0.1, -0.05) is 6.07 Å². The summed E-state index contributed by atoms with van der Waals surface area (Å²) in [5.74, 6) is -2.22. The van der Waals surface area contributed by atoms with Crippen LogP contribution in [0, 0.1) is 0 Å². The van der Waals surface area contributed by atoms with E-state index in [1.807, 2.05) is 0 Å². The third kappa shape index (κ3) is 5.81. The van der Waals surface area contributed by atoms with Gasteiger partial charge in [-0.15, -0.1) is 26.3 Å². The number of carbonyl (C=O) groups excluding carboxylic acids is 1. The number of ether oxygens (including phenoxy) is 2. The summed E-state index contributed by atoms with van der Waals surface area (Å²) in [6.45, 7) is 0. The van der Waals surface area contributed by atoms with Crippen LogP contribution in [0.1, 0.15) is 12.0 Å². The summed E-state index contributed by atoms with van der Waals surface area (Å²) in [5.41, 5.74) is 0.214. The lowest BCUT2D eigenvalue weighted by atomic mass is 10.1. The minimum absolute atomic E-state index is 0.0188. The number of carbonyl (C=O) groups is 1. The van der Waals surface area contributed by atoms with Gasteiger partial charge in [-0.2, -0.15) is 0 Å². The Morgan fingerprint density at radius 2 is 1.50 bits per heavy atom. The molecule has 0 unspecified atom stereocenters. The molecule has 0 aliphatic carbocycles. The second kappa shape index (κ2) is 6.02. The molecule has 9 heteroatoms. The third-order valence-corrected chi connectivity index (χ3v) is 2.01. The number of halogens is 6. The molecule has 0 heterocycles. The van der Waals surface area contributed by atoms with E-state index in [2.05, 4.69) is 9.47 Å². The molecule has 0 aromatic heterocycles. The van der Waals surface area contributed by atoms with E-state index in [4.69, 9.17) is 0 Å². The minimum atomic E-state index is -5.16. The van der Waals surface area contributed by atoms with Crippen LogP contribution >= 0.6 is 0 Å². The topological polar surface area (TPSA) is 35.5 Å². The van der Waals surface area contributed by atoms with E-state index in [-0.39, 0.29) is 18.4 Å². The first-order chi connectivity index (χ1) is 9.11. The van der Waals surface area contributed by atoms with Gasteiger partial charge >= 0.3 is 12.7 Å². The molecule has 1 aromatic rings. The van der Waals surface area contributed by atoms with Crippen LogP contribution in [0.4, 0.5) is 26.3 Å². The number of hydrogen-bond acceptors (Lipinski definition) is 3. The van der Waals surface area contributed by atoms with E-state index in [9.17, 15) is 31.1 Å². The zero-order valence-electron chi connectivity index (χ0n) is 9.72. The van der Waals surface area contributed by atoms with E-state index >= 15 is 0 Å². The molecule has 0 N–H and O–H groups in total. The van der Waals surface area contributed by atoms with Crippen molar-refractivity contribution in [1.29, 1.82) is 0 Å². The molecule has 0 fully saturated rings. The van der Waals surface area contributed by atoms with Gasteiger partial charge in [0.05, 0.1) is 0 Å². The van der Waals surface area contributed by atoms with Gasteiger partial charge in [-0.25, -0.2) is 0 Å². The fourth-order valence-electron chi connectivity index (χ4n) is 1.35. The van der Waals surface area contributed by atoms with Gasteiger partial charge in [-0.3, -0.25) is 0 Å². The van der Waals surface area contributed by atoms with Gasteiger partial charge in [0.25, 0.3) is 0 Å². The maximum Gasteiger partial charge on any atom is 0.573 e. The van der Waals surface area contributed by atoms with E-state index in [0.29, 0.717) is 12.4 Å². The number of aldehydes is 1. The number of alkyl halides is 6. The van der Waals surface area contributed by atoms with Gasteiger partial charge in [0.15, 0.2) is 11.5 Å². The highest BCUT2D eigenvalue weighted by molar-refractivity contribution is 5.51. The zero-order chi connectivity index (χ0) is 15.4. The van der Waals surface area contributed by atoms with Crippen molar-refractivity contribution >= 4 is 6.29 Å². The Labute approximate surface area is 109 Å². The Morgan fingerprint density at radius 1 is 0.950 bits per heavy atom. The maximum atomic E-state index is 12.1. The Balaban J connectivity index is 3.06. The van der Waals surface area contributed by atoms with Gasteiger partial charge in [-0.05, 0) is 24.1 Å². The minimum Gasteiger partial charge on any atom is -0.402 e. The van der Waals surface area contributed by atoms with E-state index in [1.54, 1.807) is 0 Å². The number of hydrogen-bond donors (Lipinski definition) is 0. The van der Waals surface area contributed by atoms with Crippen molar-refractivity contribution in [3.63, 3.8) is 0 Å². The van der Waals surface area contributed by atoms with Crippen LogP contribution in [-0.2, 0) is 11.2 Å². The Hall–Kier alpha value is -1.93. The highest BCUT2D eigenvalue weighted by Gasteiger charge is 2.36. The highest BCUT2D eigenvalue weighted by atomic mass is 19.4. The second-order valence-electron chi connectivity index (χ2n) is 3.58. The summed E-state index contributed by atoms with van der Waals surface area (Å²) in [6, 6.07) is 2.57. The maximum absolute atomic E-state index is 12.1. The quantitative estimate of drug-likeness (QED) is 0.615. The van der Waals surface area contributed by atoms with Crippen molar-refractivity contribution < 1.29 is 40.6 Å². The lowest BCUT2D eigenvalue weighted by Gasteiger charge is -2.16. The Bertz CT molecular complexity index is 466. The summed E-state index contributed by atoms with van der Waals surface area (Å²) >= 11 is 0. The lowest BCUT2D eigenvalue weighted by molar-refractivity contribution is -0.287. The largest absolute Gasteiger partial charge is 0.573 e. The van der Waals surface area contributed by atoms with Gasteiger partial charge < -0.3 is 14.3 Å². The summed E-state index contributed by atoms with van der Waals surface area (Å²) in [5, 5.41) is 0. The van der Waals surface area contributed by atoms with Crippen LogP contribution in [0.3, 0.4) is 0 Å². The predicted octanol–water partition coefficient (Wildman–Crippen LogP) is 3.62. The molecule has 0 radical (unpaired) electrons. The molecule has 0 aliphatic heterocycles. The van der Waals surface area contributed by atoms with Crippen LogP contribution in [0.25, 0.3) is 0 Å². The van der Waals surface area contributed by atoms with E-state index in [0.717, 1.165) is 12.1 Å². The van der Waals surface area contributed by atoms with Crippen molar-refractivity contribution in [2.45, 2.75) is 25.6 Å².